The van der Waals surface area contributed by atoms with Crippen LogP contribution in [0.3, 0.4) is 0 Å². The molecule has 7 aromatic rings. The standard InChI is InChI=1S/C34H33N4.C11H8N.Ir/c1-33(2,3)27-17-12-24(13-18-27)30-36-31(25-14-19-28(20-15-25)34(4,5)6)38-32(37-30)26-16-21-29(35-22-26)23-10-8-7-9-11-23;1-2-6-10(7-3-1)11-8-4-5-9-12-11;/h7-10,12-22H,1-6H3;1-6,8-9H;/q2*-1;. The number of hydrogen-bond acceptors (Lipinski definition) is 5. The van der Waals surface area contributed by atoms with E-state index < -0.39 is 0 Å². The van der Waals surface area contributed by atoms with Crippen LogP contribution in [0.1, 0.15) is 52.7 Å². The van der Waals surface area contributed by atoms with E-state index in [0.717, 1.165) is 39.2 Å². The number of rotatable bonds is 5. The van der Waals surface area contributed by atoms with Gasteiger partial charge in [-0.3, -0.25) is 0 Å². The monoisotopic (exact) mass is 844 g/mol. The van der Waals surface area contributed by atoms with Crippen molar-refractivity contribution in [3.05, 3.63) is 163 Å². The van der Waals surface area contributed by atoms with Gasteiger partial charge in [0.1, 0.15) is 0 Å². The average Bonchev–Trinajstić information content (AvgIpc) is 3.15. The van der Waals surface area contributed by atoms with Crippen molar-refractivity contribution in [3.8, 4) is 56.7 Å². The number of benzene rings is 4. The maximum Gasteiger partial charge on any atom is 0.165 e. The number of pyridine rings is 2. The third-order valence-electron chi connectivity index (χ3n) is 8.31. The Hall–Kier alpha value is -5.16. The van der Waals surface area contributed by atoms with Gasteiger partial charge in [0.2, 0.25) is 0 Å². The van der Waals surface area contributed by atoms with Crippen LogP contribution in [0.4, 0.5) is 0 Å². The topological polar surface area (TPSA) is 64.5 Å². The molecule has 0 N–H and O–H groups in total. The van der Waals surface area contributed by atoms with Crippen molar-refractivity contribution in [2.75, 3.05) is 0 Å². The van der Waals surface area contributed by atoms with Crippen LogP contribution < -0.4 is 0 Å². The van der Waals surface area contributed by atoms with Gasteiger partial charge in [-0.05, 0) is 39.4 Å². The molecule has 3 heterocycles. The second-order valence-electron chi connectivity index (χ2n) is 14.2. The molecule has 0 bridgehead atoms. The van der Waals surface area contributed by atoms with Gasteiger partial charge < -0.3 is 9.97 Å². The molecule has 0 saturated carbocycles. The summed E-state index contributed by atoms with van der Waals surface area (Å²) in [5.74, 6) is 1.89. The Morgan fingerprint density at radius 2 is 0.863 bits per heavy atom. The van der Waals surface area contributed by atoms with Gasteiger partial charge >= 0.3 is 0 Å². The third-order valence-corrected chi connectivity index (χ3v) is 8.31. The Labute approximate surface area is 315 Å². The summed E-state index contributed by atoms with van der Waals surface area (Å²) >= 11 is 0. The van der Waals surface area contributed by atoms with E-state index in [1.807, 2.05) is 85.1 Å². The van der Waals surface area contributed by atoms with Crippen molar-refractivity contribution in [1.29, 1.82) is 0 Å². The molecule has 5 nitrogen and oxygen atoms in total. The summed E-state index contributed by atoms with van der Waals surface area (Å²) < 4.78 is 0. The molecule has 257 valence electrons. The summed E-state index contributed by atoms with van der Waals surface area (Å²) in [7, 11) is 0. The minimum absolute atomic E-state index is 0. The van der Waals surface area contributed by atoms with Crippen molar-refractivity contribution in [2.45, 2.75) is 52.4 Å². The molecule has 1 radical (unpaired) electrons. The van der Waals surface area contributed by atoms with E-state index >= 15 is 0 Å². The van der Waals surface area contributed by atoms with E-state index in [-0.39, 0.29) is 30.9 Å². The Morgan fingerprint density at radius 3 is 1.24 bits per heavy atom. The van der Waals surface area contributed by atoms with Gasteiger partial charge in [-0.25, -0.2) is 15.0 Å². The zero-order valence-electron chi connectivity index (χ0n) is 29.8. The first-order valence-corrected chi connectivity index (χ1v) is 16.8. The second kappa shape index (κ2) is 16.2. The number of aromatic nitrogens is 5. The zero-order chi connectivity index (χ0) is 35.1. The fourth-order valence-corrected chi connectivity index (χ4v) is 5.31. The summed E-state index contributed by atoms with van der Waals surface area (Å²) in [5, 5.41) is 0. The van der Waals surface area contributed by atoms with Crippen LogP contribution in [0.25, 0.3) is 56.7 Å². The molecule has 0 aliphatic carbocycles. The van der Waals surface area contributed by atoms with Crippen LogP contribution >= 0.6 is 0 Å². The summed E-state index contributed by atoms with van der Waals surface area (Å²) in [4.78, 5) is 23.6. The van der Waals surface area contributed by atoms with Gasteiger partial charge in [0.25, 0.3) is 0 Å². The molecule has 0 aliphatic rings. The van der Waals surface area contributed by atoms with E-state index in [0.29, 0.717) is 17.5 Å². The van der Waals surface area contributed by atoms with E-state index in [1.165, 1.54) is 11.1 Å². The quantitative estimate of drug-likeness (QED) is 0.162. The van der Waals surface area contributed by atoms with Crippen LogP contribution in [-0.2, 0) is 30.9 Å². The molecule has 0 atom stereocenters. The fourth-order valence-electron chi connectivity index (χ4n) is 5.31. The molecular weight excluding hydrogens is 803 g/mol. The van der Waals surface area contributed by atoms with Gasteiger partial charge in [0.15, 0.2) is 17.5 Å². The second-order valence-corrected chi connectivity index (χ2v) is 14.2. The van der Waals surface area contributed by atoms with Crippen LogP contribution in [0.5, 0.6) is 0 Å². The van der Waals surface area contributed by atoms with Gasteiger partial charge in [-0.2, -0.15) is 0 Å². The number of hydrogen-bond donors (Lipinski definition) is 0. The van der Waals surface area contributed by atoms with E-state index in [4.69, 9.17) is 15.0 Å². The van der Waals surface area contributed by atoms with Gasteiger partial charge in [-0.1, -0.05) is 114 Å². The van der Waals surface area contributed by atoms with Crippen molar-refractivity contribution < 1.29 is 20.1 Å². The van der Waals surface area contributed by atoms with Crippen LogP contribution in [-0.4, -0.2) is 24.9 Å². The smallest absolute Gasteiger partial charge is 0.165 e. The van der Waals surface area contributed by atoms with Gasteiger partial charge in [0, 0.05) is 49.2 Å². The van der Waals surface area contributed by atoms with Gasteiger partial charge in [0.05, 0.1) is 0 Å². The van der Waals surface area contributed by atoms with Crippen LogP contribution in [0, 0.1) is 12.1 Å². The average molecular weight is 844 g/mol. The van der Waals surface area contributed by atoms with Crippen LogP contribution in [0.2, 0.25) is 0 Å². The first-order chi connectivity index (χ1) is 24.0. The fraction of sp³-hybridized carbons (Fsp3) is 0.178. The van der Waals surface area contributed by atoms with Gasteiger partial charge in [-0.15, -0.1) is 71.8 Å². The number of nitrogens with zero attached hydrogens (tertiary/aromatic N) is 5. The van der Waals surface area contributed by atoms with Crippen molar-refractivity contribution >= 4 is 0 Å². The van der Waals surface area contributed by atoms with Crippen molar-refractivity contribution in [2.24, 2.45) is 0 Å². The minimum Gasteiger partial charge on any atom is -0.305 e. The van der Waals surface area contributed by atoms with E-state index in [1.54, 1.807) is 6.20 Å². The minimum atomic E-state index is 0. The van der Waals surface area contributed by atoms with Crippen molar-refractivity contribution in [3.63, 3.8) is 0 Å². The Kier molecular flexibility index (Phi) is 11.8. The first kappa shape index (κ1) is 37.1. The molecule has 0 saturated heterocycles. The molecule has 6 heteroatoms. The SMILES string of the molecule is CC(C)(C)c1ccc(-c2nc(-c3ccc(C(C)(C)C)cc3)nc(-c3ccc(-c4[c-]cccc4)nc3)n2)cc1.[Ir].[c-]1ccccc1-c1ccccn1. The van der Waals surface area contributed by atoms with E-state index in [9.17, 15) is 0 Å². The molecule has 51 heavy (non-hydrogen) atoms. The zero-order valence-corrected chi connectivity index (χ0v) is 32.2. The summed E-state index contributed by atoms with van der Waals surface area (Å²) in [6.07, 6.45) is 3.61. The summed E-state index contributed by atoms with van der Waals surface area (Å²) in [6.45, 7) is 13.3. The molecule has 0 spiro atoms. The molecular formula is C45H41IrN5-2. The van der Waals surface area contributed by atoms with Crippen LogP contribution in [0.15, 0.2) is 140 Å². The van der Waals surface area contributed by atoms with Crippen molar-refractivity contribution in [1.82, 2.24) is 24.9 Å². The third kappa shape index (κ3) is 9.55. The predicted molar refractivity (Wildman–Crippen MR) is 204 cm³/mol. The Balaban J connectivity index is 0.000000327. The molecule has 7 rings (SSSR count). The summed E-state index contributed by atoms with van der Waals surface area (Å²) in [5.41, 5.74) is 9.27. The molecule has 0 fully saturated rings. The molecule has 0 aliphatic heterocycles. The normalized spacial score (nSPS) is 11.2. The largest absolute Gasteiger partial charge is 0.305 e. The Bertz CT molecular complexity index is 2010. The maximum absolute atomic E-state index is 4.90. The molecule has 0 unspecified atom stereocenters. The molecule has 0 amide bonds. The first-order valence-electron chi connectivity index (χ1n) is 16.8. The molecule has 3 aromatic heterocycles. The maximum atomic E-state index is 4.90. The molecule has 4 aromatic carbocycles. The Morgan fingerprint density at radius 1 is 0.431 bits per heavy atom. The summed E-state index contributed by atoms with van der Waals surface area (Å²) in [6, 6.07) is 48.9. The van der Waals surface area contributed by atoms with E-state index in [2.05, 4.69) is 112 Å². The predicted octanol–water partition coefficient (Wildman–Crippen LogP) is 10.9.